The van der Waals surface area contributed by atoms with Crippen LogP contribution in [-0.2, 0) is 52.5 Å². The molecule has 3 fully saturated rings. The Hall–Kier alpha value is -3.24. The zero-order chi connectivity index (χ0) is 54.2. The molecule has 0 aromatic heterocycles. The van der Waals surface area contributed by atoms with Crippen LogP contribution in [-0.4, -0.2) is 67.7 Å². The summed E-state index contributed by atoms with van der Waals surface area (Å²) in [6.07, 6.45) is 41.2. The maximum Gasteiger partial charge on any atom is 0.306 e. The van der Waals surface area contributed by atoms with Gasteiger partial charge in [0.05, 0.1) is 6.61 Å². The standard InChI is InChI=1S/C64H108O11/c1-6-8-10-12-14-16-18-20-22-24-26-28-30-33-58(66)72-48-53(49-73-59(67)34-31-29-27-25-23-21-19-17-15-13-11-9-7-2)74-62(70)46-50(3)45-61(69)71-44-32-35-60(68)75-57-39-38-55-54-37-36-51-47-52(65)40-42-63(51,4)56(54)41-43-64(55,57)5/h47,50,53-57H,6-46,48-49H2,1-5H3/t50?,54-,55-,56-,57-,63-,64-/m0/s1. The highest BCUT2D eigenvalue weighted by molar-refractivity contribution is 5.91. The molecule has 0 amide bonds. The molecule has 0 aliphatic heterocycles. The van der Waals surface area contributed by atoms with Crippen molar-refractivity contribution in [2.24, 2.45) is 34.5 Å². The summed E-state index contributed by atoms with van der Waals surface area (Å²) < 4.78 is 28.5. The Morgan fingerprint density at radius 3 is 1.52 bits per heavy atom. The minimum absolute atomic E-state index is 0.0109. The van der Waals surface area contributed by atoms with Crippen molar-refractivity contribution in [3.05, 3.63) is 11.6 Å². The van der Waals surface area contributed by atoms with E-state index in [0.717, 1.165) is 83.5 Å². The number of ketones is 1. The van der Waals surface area contributed by atoms with Crippen LogP contribution in [0.25, 0.3) is 0 Å². The van der Waals surface area contributed by atoms with E-state index in [9.17, 15) is 28.8 Å². The van der Waals surface area contributed by atoms with Crippen LogP contribution in [0.1, 0.15) is 291 Å². The van der Waals surface area contributed by atoms with Gasteiger partial charge in [0.1, 0.15) is 19.3 Å². The van der Waals surface area contributed by atoms with E-state index < -0.39 is 24.0 Å². The van der Waals surface area contributed by atoms with Gasteiger partial charge in [0, 0.05) is 43.9 Å². The van der Waals surface area contributed by atoms with Crippen LogP contribution in [0.4, 0.5) is 0 Å². The van der Waals surface area contributed by atoms with Gasteiger partial charge in [0.2, 0.25) is 0 Å². The van der Waals surface area contributed by atoms with Crippen molar-refractivity contribution in [3.8, 4) is 0 Å². The van der Waals surface area contributed by atoms with Crippen molar-refractivity contribution >= 4 is 35.6 Å². The molecule has 0 aromatic rings. The highest BCUT2D eigenvalue weighted by atomic mass is 16.6. The summed E-state index contributed by atoms with van der Waals surface area (Å²) in [5.41, 5.74) is 1.43. The molecule has 11 heteroatoms. The molecular formula is C64H108O11. The fourth-order valence-electron chi connectivity index (χ4n) is 13.5. The monoisotopic (exact) mass is 1050 g/mol. The summed E-state index contributed by atoms with van der Waals surface area (Å²) in [6, 6.07) is 0. The second-order valence-electron chi connectivity index (χ2n) is 24.4. The number of allylic oxidation sites excluding steroid dienone is 1. The predicted molar refractivity (Wildman–Crippen MR) is 298 cm³/mol. The molecule has 4 rings (SSSR count). The molecule has 11 nitrogen and oxygen atoms in total. The van der Waals surface area contributed by atoms with E-state index in [-0.39, 0.29) is 92.5 Å². The van der Waals surface area contributed by atoms with Crippen molar-refractivity contribution in [1.82, 2.24) is 0 Å². The van der Waals surface area contributed by atoms with Crippen LogP contribution in [0.3, 0.4) is 0 Å². The molecule has 0 spiro atoms. The Labute approximate surface area is 456 Å². The van der Waals surface area contributed by atoms with E-state index in [4.69, 9.17) is 23.7 Å². The topological polar surface area (TPSA) is 149 Å². The molecule has 0 bridgehead atoms. The van der Waals surface area contributed by atoms with E-state index in [2.05, 4.69) is 27.7 Å². The van der Waals surface area contributed by atoms with Gasteiger partial charge in [-0.15, -0.1) is 0 Å². The Morgan fingerprint density at radius 1 is 0.520 bits per heavy atom. The highest BCUT2D eigenvalue weighted by Crippen LogP contribution is 2.65. The molecular weight excluding hydrogens is 945 g/mol. The summed E-state index contributed by atoms with van der Waals surface area (Å²) in [6.45, 7) is 10.6. The first kappa shape index (κ1) is 64.3. The first-order chi connectivity index (χ1) is 36.3. The van der Waals surface area contributed by atoms with Crippen LogP contribution in [0.2, 0.25) is 0 Å². The van der Waals surface area contributed by atoms with Crippen molar-refractivity contribution in [2.75, 3.05) is 19.8 Å². The number of esters is 5. The van der Waals surface area contributed by atoms with E-state index >= 15 is 0 Å². The molecule has 4 aliphatic rings. The number of unbranched alkanes of at least 4 members (excludes halogenated alkanes) is 24. The lowest BCUT2D eigenvalue weighted by atomic mass is 9.47. The summed E-state index contributed by atoms with van der Waals surface area (Å²) in [7, 11) is 0. The van der Waals surface area contributed by atoms with Crippen LogP contribution in [0, 0.1) is 34.5 Å². The molecule has 430 valence electrons. The summed E-state index contributed by atoms with van der Waals surface area (Å²) in [5.74, 6) is -0.461. The molecule has 0 N–H and O–H groups in total. The third kappa shape index (κ3) is 24.1. The largest absolute Gasteiger partial charge is 0.466 e. The Bertz CT molecular complexity index is 1660. The predicted octanol–water partition coefficient (Wildman–Crippen LogP) is 16.1. The van der Waals surface area contributed by atoms with E-state index in [1.807, 2.05) is 6.08 Å². The second kappa shape index (κ2) is 36.8. The first-order valence-corrected chi connectivity index (χ1v) is 31.4. The van der Waals surface area contributed by atoms with Crippen molar-refractivity contribution in [3.63, 3.8) is 0 Å². The van der Waals surface area contributed by atoms with E-state index in [1.54, 1.807) is 6.92 Å². The average molecular weight is 1050 g/mol. The maximum atomic E-state index is 13.2. The van der Waals surface area contributed by atoms with Gasteiger partial charge in [-0.2, -0.15) is 0 Å². The zero-order valence-electron chi connectivity index (χ0n) is 48.4. The van der Waals surface area contributed by atoms with Gasteiger partial charge in [-0.3, -0.25) is 28.8 Å². The Balaban J connectivity index is 1.11. The minimum Gasteiger partial charge on any atom is -0.466 e. The van der Waals surface area contributed by atoms with Crippen LogP contribution in [0.15, 0.2) is 11.6 Å². The summed E-state index contributed by atoms with van der Waals surface area (Å²) >= 11 is 0. The summed E-state index contributed by atoms with van der Waals surface area (Å²) in [5, 5.41) is 0. The number of hydrogen-bond acceptors (Lipinski definition) is 11. The quantitative estimate of drug-likeness (QED) is 0.0327. The number of hydrogen-bond donors (Lipinski definition) is 0. The lowest BCUT2D eigenvalue weighted by Crippen LogP contribution is -2.51. The van der Waals surface area contributed by atoms with Crippen molar-refractivity contribution in [1.29, 1.82) is 0 Å². The van der Waals surface area contributed by atoms with E-state index in [0.29, 0.717) is 30.6 Å². The van der Waals surface area contributed by atoms with Crippen molar-refractivity contribution < 1.29 is 52.5 Å². The smallest absolute Gasteiger partial charge is 0.306 e. The minimum atomic E-state index is -0.957. The van der Waals surface area contributed by atoms with Crippen LogP contribution < -0.4 is 0 Å². The van der Waals surface area contributed by atoms with Gasteiger partial charge >= 0.3 is 29.8 Å². The fraction of sp³-hybridized carbons (Fsp3) is 0.875. The Morgan fingerprint density at radius 2 is 1.00 bits per heavy atom. The van der Waals surface area contributed by atoms with Gasteiger partial charge in [0.25, 0.3) is 0 Å². The normalized spacial score (nSPS) is 23.4. The third-order valence-corrected chi connectivity index (χ3v) is 18.1. The molecule has 7 atom stereocenters. The van der Waals surface area contributed by atoms with Crippen LogP contribution >= 0.6 is 0 Å². The lowest BCUT2D eigenvalue weighted by molar-refractivity contribution is -0.167. The molecule has 0 aromatic carbocycles. The lowest BCUT2D eigenvalue weighted by Gasteiger charge is -2.57. The van der Waals surface area contributed by atoms with Crippen LogP contribution in [0.5, 0.6) is 0 Å². The zero-order valence-corrected chi connectivity index (χ0v) is 48.4. The number of carbonyl (C=O) groups excluding carboxylic acids is 6. The number of fused-ring (bicyclic) bond motifs is 5. The van der Waals surface area contributed by atoms with Crippen molar-refractivity contribution in [2.45, 2.75) is 304 Å². The second-order valence-corrected chi connectivity index (χ2v) is 24.4. The van der Waals surface area contributed by atoms with Gasteiger partial charge in [-0.05, 0) is 99.4 Å². The molecule has 1 unspecified atom stereocenters. The molecule has 0 radical (unpaired) electrons. The molecule has 0 heterocycles. The Kier molecular flexibility index (Phi) is 31.5. The van der Waals surface area contributed by atoms with Gasteiger partial charge in [-0.1, -0.05) is 194 Å². The van der Waals surface area contributed by atoms with Gasteiger partial charge in [-0.25, -0.2) is 0 Å². The molecule has 4 aliphatic carbocycles. The number of ether oxygens (including phenoxy) is 5. The van der Waals surface area contributed by atoms with Gasteiger partial charge < -0.3 is 23.7 Å². The fourth-order valence-corrected chi connectivity index (χ4v) is 13.5. The van der Waals surface area contributed by atoms with Gasteiger partial charge in [0.15, 0.2) is 11.9 Å². The first-order valence-electron chi connectivity index (χ1n) is 31.4. The molecule has 3 saturated carbocycles. The summed E-state index contributed by atoms with van der Waals surface area (Å²) in [4.78, 5) is 76.9. The number of carbonyl (C=O) groups is 6. The highest BCUT2D eigenvalue weighted by Gasteiger charge is 2.60. The molecule has 0 saturated heterocycles. The third-order valence-electron chi connectivity index (χ3n) is 18.1. The number of rotatable bonds is 42. The molecule has 75 heavy (non-hydrogen) atoms. The SMILES string of the molecule is CCCCCCCCCCCCCCCC(=O)OCC(COC(=O)CCCCCCCCCCCCCCC)OC(=O)CC(C)CC(=O)OCCCC(=O)O[C@H]1CC[C@H]2[C@@H]3CCC4=CC(=O)CC[C@]4(C)[C@H]3CC[C@]12C. The van der Waals surface area contributed by atoms with E-state index in [1.165, 1.54) is 134 Å². The maximum absolute atomic E-state index is 13.2. The average Bonchev–Trinajstić information content (AvgIpc) is 3.71.